The Hall–Kier alpha value is 1.59. The summed E-state index contributed by atoms with van der Waals surface area (Å²) in [5, 5.41) is 108. The van der Waals surface area contributed by atoms with Crippen molar-refractivity contribution in [1.82, 2.24) is 0 Å². The molecule has 0 bridgehead atoms. The number of hydrogen-bond donors (Lipinski definition) is 15. The van der Waals surface area contributed by atoms with Gasteiger partial charge in [0, 0.05) is 0 Å². The SMILES string of the molecule is Cl.OB(O)O.OB(O)O.OB(O)O.OB(O)O.OB(O)O.[Ba+2].[H-].[H-]. The van der Waals surface area contributed by atoms with Gasteiger partial charge in [0.2, 0.25) is 0 Å². The van der Waals surface area contributed by atoms with E-state index in [1.807, 2.05) is 0 Å². The molecule has 22 heteroatoms. The van der Waals surface area contributed by atoms with Crippen molar-refractivity contribution in [3.8, 4) is 0 Å². The molecule has 0 saturated heterocycles. The second-order valence-corrected chi connectivity index (χ2v) is 1.73. The minimum absolute atomic E-state index is 0. The van der Waals surface area contributed by atoms with Crippen molar-refractivity contribution in [3.63, 3.8) is 0 Å². The number of hydrogen-bond acceptors (Lipinski definition) is 15. The molecule has 0 amide bonds. The van der Waals surface area contributed by atoms with Crippen LogP contribution in [0, 0.1) is 0 Å². The second kappa shape index (κ2) is 38.3. The molecular formula is H18B5BaClO15. The van der Waals surface area contributed by atoms with Crippen LogP contribution in [-0.2, 0) is 0 Å². The molecule has 0 aliphatic carbocycles. The molecule has 15 nitrogen and oxygen atoms in total. The van der Waals surface area contributed by atoms with Gasteiger partial charge in [-0.3, -0.25) is 0 Å². The Balaban J connectivity index is -0.0000000161. The maximum Gasteiger partial charge on any atom is 2.00 e. The van der Waals surface area contributed by atoms with Crippen LogP contribution in [-0.4, -0.2) is 161 Å². The van der Waals surface area contributed by atoms with Crippen LogP contribution in [0.2, 0.25) is 0 Å². The second-order valence-electron chi connectivity index (χ2n) is 1.73. The molecule has 0 saturated carbocycles. The molecule has 15 N–H and O–H groups in total. The van der Waals surface area contributed by atoms with Crippen LogP contribution in [0.5, 0.6) is 0 Å². The third kappa shape index (κ3) is 3640. The zero-order chi connectivity index (χ0) is 17.9. The molecule has 132 valence electrons. The molecule has 0 aromatic carbocycles. The normalized spacial score (nSPS) is 6.14. The van der Waals surface area contributed by atoms with E-state index in [0.717, 1.165) is 0 Å². The maximum absolute atomic E-state index is 7.17. The van der Waals surface area contributed by atoms with E-state index in [0.29, 0.717) is 0 Å². The fourth-order valence-corrected chi connectivity index (χ4v) is 0. The third-order valence-corrected chi connectivity index (χ3v) is 0. The van der Waals surface area contributed by atoms with E-state index in [4.69, 9.17) is 75.4 Å². The summed E-state index contributed by atoms with van der Waals surface area (Å²) in [5.41, 5.74) is 0. The van der Waals surface area contributed by atoms with Crippen molar-refractivity contribution in [1.29, 1.82) is 0 Å². The Bertz CT molecular complexity index is 96.4. The number of rotatable bonds is 0. The summed E-state index contributed by atoms with van der Waals surface area (Å²) in [5.74, 6) is 0. The van der Waals surface area contributed by atoms with Crippen LogP contribution >= 0.6 is 12.4 Å². The van der Waals surface area contributed by atoms with Crippen LogP contribution in [0.1, 0.15) is 2.85 Å². The Kier molecular flexibility index (Phi) is 76.1. The smallest absolute Gasteiger partial charge is 1.00 e. The minimum Gasteiger partial charge on any atom is -1.00 e. The van der Waals surface area contributed by atoms with Gasteiger partial charge in [-0.25, -0.2) is 0 Å². The van der Waals surface area contributed by atoms with E-state index in [2.05, 4.69) is 0 Å². The van der Waals surface area contributed by atoms with Gasteiger partial charge in [0.15, 0.2) is 0 Å². The minimum atomic E-state index is -2.17. The van der Waals surface area contributed by atoms with Gasteiger partial charge in [0.25, 0.3) is 0 Å². The first-order chi connectivity index (χ1) is 8.66. The van der Waals surface area contributed by atoms with Gasteiger partial charge in [-0.2, -0.15) is 0 Å². The predicted molar refractivity (Wildman–Crippen MR) is 77.3 cm³/mol. The Morgan fingerprint density at radius 1 is 0.318 bits per heavy atom. The largest absolute Gasteiger partial charge is 2.00 e. The van der Waals surface area contributed by atoms with Crippen LogP contribution < -0.4 is 0 Å². The fourth-order valence-electron chi connectivity index (χ4n) is 0. The third-order valence-electron chi connectivity index (χ3n) is 0. The monoisotopic (exact) mass is 486 g/mol. The fraction of sp³-hybridized carbons (Fsp3) is 0. The van der Waals surface area contributed by atoms with Crippen molar-refractivity contribution in [3.05, 3.63) is 0 Å². The van der Waals surface area contributed by atoms with Crippen molar-refractivity contribution >= 4 is 97.9 Å². The van der Waals surface area contributed by atoms with Crippen LogP contribution in [0.4, 0.5) is 0 Å². The van der Waals surface area contributed by atoms with E-state index in [1.54, 1.807) is 0 Å². The molecule has 0 radical (unpaired) electrons. The molecule has 0 unspecified atom stereocenters. The molecule has 0 aliphatic heterocycles. The molecule has 22 heavy (non-hydrogen) atoms. The van der Waals surface area contributed by atoms with Gasteiger partial charge in [0.1, 0.15) is 0 Å². The van der Waals surface area contributed by atoms with Crippen molar-refractivity contribution in [2.24, 2.45) is 0 Å². The Morgan fingerprint density at radius 2 is 0.318 bits per heavy atom. The van der Waals surface area contributed by atoms with E-state index < -0.39 is 36.6 Å². The topological polar surface area (TPSA) is 303 Å². The summed E-state index contributed by atoms with van der Waals surface area (Å²) in [6.07, 6.45) is 0. The molecular weight excluding hydrogens is 467 g/mol. The van der Waals surface area contributed by atoms with Gasteiger partial charge in [0.05, 0.1) is 0 Å². The summed E-state index contributed by atoms with van der Waals surface area (Å²) in [7, 11) is -10.8. The number of halogens is 1. The molecule has 0 aromatic rings. The van der Waals surface area contributed by atoms with Gasteiger partial charge in [-0.15, -0.1) is 12.4 Å². The van der Waals surface area contributed by atoms with Crippen molar-refractivity contribution < 1.29 is 78.2 Å². The average molecular weight is 485 g/mol. The Morgan fingerprint density at radius 3 is 0.318 bits per heavy atom. The molecule has 0 aliphatic rings. The first kappa shape index (κ1) is 43.7. The van der Waals surface area contributed by atoms with Crippen LogP contribution in [0.25, 0.3) is 0 Å². The summed E-state index contributed by atoms with van der Waals surface area (Å²) < 4.78 is 0. The van der Waals surface area contributed by atoms with Crippen LogP contribution in [0.3, 0.4) is 0 Å². The molecule has 0 fully saturated rings. The Labute approximate surface area is 175 Å². The molecule has 0 spiro atoms. The molecule has 0 atom stereocenters. The summed E-state index contributed by atoms with van der Waals surface area (Å²) in [6, 6.07) is 0. The van der Waals surface area contributed by atoms with Crippen molar-refractivity contribution in [2.75, 3.05) is 0 Å². The zero-order valence-corrected chi connectivity index (χ0v) is 16.0. The quantitative estimate of drug-likeness (QED) is 0.142. The summed E-state index contributed by atoms with van der Waals surface area (Å²) in [6.45, 7) is 0. The van der Waals surface area contributed by atoms with Crippen molar-refractivity contribution in [2.45, 2.75) is 0 Å². The molecule has 0 heterocycles. The molecule has 0 rings (SSSR count). The average Bonchev–Trinajstić information content (AvgIpc) is 1.94. The van der Waals surface area contributed by atoms with Gasteiger partial charge >= 0.3 is 85.5 Å². The first-order valence-corrected chi connectivity index (χ1v) is 3.87. The van der Waals surface area contributed by atoms with Gasteiger partial charge in [-0.05, 0) is 0 Å². The summed E-state index contributed by atoms with van der Waals surface area (Å²) in [4.78, 5) is 0. The maximum atomic E-state index is 7.17. The summed E-state index contributed by atoms with van der Waals surface area (Å²) >= 11 is 0. The van der Waals surface area contributed by atoms with E-state index in [1.165, 1.54) is 0 Å². The molecule has 0 aromatic heterocycles. The van der Waals surface area contributed by atoms with E-state index >= 15 is 0 Å². The van der Waals surface area contributed by atoms with Gasteiger partial charge < -0.3 is 78.2 Å². The first-order valence-electron chi connectivity index (χ1n) is 3.87. The van der Waals surface area contributed by atoms with E-state index in [9.17, 15) is 0 Å². The van der Waals surface area contributed by atoms with Crippen LogP contribution in [0.15, 0.2) is 0 Å². The standard InChI is InChI=1S/5BH3O3.Ba.ClH.2H/c5*2-1(3)4;;;;/h5*2-4H;;1H;;/q;;;;;+2;;2*-1. The van der Waals surface area contributed by atoms with Gasteiger partial charge in [-0.1, -0.05) is 0 Å². The predicted octanol–water partition coefficient (Wildman–Crippen LogP) is -9.99. The zero-order valence-electron chi connectivity index (χ0n) is 12.7. The van der Waals surface area contributed by atoms with E-state index in [-0.39, 0.29) is 64.1 Å².